The Morgan fingerprint density at radius 2 is 1.21 bits per heavy atom. The molecule has 0 radical (unpaired) electrons. The highest BCUT2D eigenvalue weighted by atomic mass is 79.9. The van der Waals surface area contributed by atoms with Crippen LogP contribution in [0, 0.1) is 0 Å². The van der Waals surface area contributed by atoms with Crippen LogP contribution in [0.1, 0.15) is 37.3 Å². The van der Waals surface area contributed by atoms with E-state index in [0.29, 0.717) is 0 Å². The molecule has 1 saturated heterocycles. The largest absolute Gasteiger partial charge is 0.507 e. The Kier molecular flexibility index (Phi) is 8.80. The molecule has 1 N–H and O–H groups in total. The fourth-order valence-corrected chi connectivity index (χ4v) is 4.73. The van der Waals surface area contributed by atoms with Gasteiger partial charge < -0.3 is 24.1 Å². The van der Waals surface area contributed by atoms with Crippen molar-refractivity contribution in [1.29, 1.82) is 0 Å². The van der Waals surface area contributed by atoms with E-state index in [1.54, 1.807) is 91.0 Å². The normalized spacial score (nSPS) is 19.5. The van der Waals surface area contributed by atoms with Gasteiger partial charge in [-0.2, -0.15) is 0 Å². The van der Waals surface area contributed by atoms with E-state index in [-0.39, 0.29) is 26.9 Å². The number of carbonyl (C=O) groups is 3. The molecule has 0 bridgehead atoms. The van der Waals surface area contributed by atoms with Crippen LogP contribution in [0.5, 0.6) is 5.75 Å². The Morgan fingerprint density at radius 3 is 1.74 bits per heavy atom. The van der Waals surface area contributed by atoms with Gasteiger partial charge in [-0.25, -0.2) is 14.4 Å². The van der Waals surface area contributed by atoms with Crippen LogP contribution in [-0.2, 0) is 18.9 Å². The molecule has 1 aromatic heterocycles. The van der Waals surface area contributed by atoms with Crippen molar-refractivity contribution < 1.29 is 38.4 Å². The second kappa shape index (κ2) is 12.8. The maximum atomic E-state index is 13.2. The number of esters is 3. The fraction of sp³-hybridized carbons (Fsp3) is 0.161. The summed E-state index contributed by atoms with van der Waals surface area (Å²) >= 11 is 3.06. The zero-order valence-electron chi connectivity index (χ0n) is 21.9. The molecule has 214 valence electrons. The molecule has 5 rings (SSSR count). The number of carbonyl (C=O) groups excluding carboxylic acids is 3. The van der Waals surface area contributed by atoms with Gasteiger partial charge >= 0.3 is 17.9 Å². The van der Waals surface area contributed by atoms with Gasteiger partial charge in [0.25, 0.3) is 5.56 Å². The zero-order valence-corrected chi connectivity index (χ0v) is 23.5. The number of aromatic nitrogens is 1. The smallest absolute Gasteiger partial charge is 0.338 e. The molecule has 0 spiro atoms. The first-order chi connectivity index (χ1) is 20.3. The first kappa shape index (κ1) is 28.8. The van der Waals surface area contributed by atoms with Gasteiger partial charge in [0.05, 0.1) is 16.7 Å². The van der Waals surface area contributed by atoms with E-state index in [0.717, 1.165) is 4.57 Å². The molecule has 0 aliphatic carbocycles. The van der Waals surface area contributed by atoms with E-state index in [2.05, 4.69) is 15.9 Å². The maximum Gasteiger partial charge on any atom is 0.338 e. The van der Waals surface area contributed by atoms with Crippen LogP contribution < -0.4 is 5.56 Å². The van der Waals surface area contributed by atoms with Crippen LogP contribution >= 0.6 is 15.9 Å². The predicted octanol–water partition coefficient (Wildman–Crippen LogP) is 4.52. The fourth-order valence-electron chi connectivity index (χ4n) is 4.40. The minimum absolute atomic E-state index is 0.154. The molecular formula is C31H24BrNO9. The van der Waals surface area contributed by atoms with Crippen molar-refractivity contribution in [1.82, 2.24) is 4.57 Å². The van der Waals surface area contributed by atoms with Gasteiger partial charge in [-0.15, -0.1) is 0 Å². The number of benzene rings is 3. The number of ether oxygens (including phenoxy) is 4. The first-order valence-electron chi connectivity index (χ1n) is 12.8. The van der Waals surface area contributed by atoms with E-state index in [4.69, 9.17) is 18.9 Å². The maximum absolute atomic E-state index is 13.2. The lowest BCUT2D eigenvalue weighted by Crippen LogP contribution is -2.42. The minimum atomic E-state index is -1.36. The van der Waals surface area contributed by atoms with Crippen molar-refractivity contribution in [2.75, 3.05) is 6.61 Å². The van der Waals surface area contributed by atoms with Gasteiger partial charge in [-0.1, -0.05) is 54.6 Å². The molecule has 1 aliphatic heterocycles. The minimum Gasteiger partial charge on any atom is -0.507 e. The van der Waals surface area contributed by atoms with Gasteiger partial charge in [-0.3, -0.25) is 9.36 Å². The number of aromatic hydroxyl groups is 1. The third kappa shape index (κ3) is 6.27. The van der Waals surface area contributed by atoms with Crippen molar-refractivity contribution in [3.8, 4) is 5.75 Å². The topological polar surface area (TPSA) is 130 Å². The van der Waals surface area contributed by atoms with Gasteiger partial charge in [0.1, 0.15) is 22.9 Å². The standard InChI is InChI=1S/C31H24BrNO9/c32-24-22(34)16-17-33(27(24)35)28-26(42-31(38)21-14-8-3-9-15-21)25(41-30(37)20-12-6-2-7-13-20)23(40-28)18-39-29(36)19-10-4-1-5-11-19/h1-17,23,25-26,28,34H,18H2/t23-,25-,26-,28-/m1/s1. The second-order valence-electron chi connectivity index (χ2n) is 9.23. The summed E-state index contributed by atoms with van der Waals surface area (Å²) in [5, 5.41) is 10.0. The van der Waals surface area contributed by atoms with Crippen molar-refractivity contribution in [2.24, 2.45) is 0 Å². The van der Waals surface area contributed by atoms with Crippen LogP contribution in [0.4, 0.5) is 0 Å². The van der Waals surface area contributed by atoms with E-state index in [9.17, 15) is 24.3 Å². The van der Waals surface area contributed by atoms with Crippen molar-refractivity contribution in [3.05, 3.63) is 135 Å². The lowest BCUT2D eigenvalue weighted by molar-refractivity contribution is -0.0636. The molecule has 3 aromatic carbocycles. The number of pyridine rings is 1. The van der Waals surface area contributed by atoms with Crippen molar-refractivity contribution >= 4 is 33.8 Å². The van der Waals surface area contributed by atoms with Gasteiger partial charge in [-0.05, 0) is 58.4 Å². The van der Waals surface area contributed by atoms with Gasteiger partial charge in [0, 0.05) is 6.20 Å². The highest BCUT2D eigenvalue weighted by Crippen LogP contribution is 2.35. The number of hydrogen-bond acceptors (Lipinski definition) is 9. The molecule has 42 heavy (non-hydrogen) atoms. The zero-order chi connectivity index (χ0) is 29.6. The summed E-state index contributed by atoms with van der Waals surface area (Å²) in [4.78, 5) is 52.2. The average Bonchev–Trinajstić information content (AvgIpc) is 3.35. The summed E-state index contributed by atoms with van der Waals surface area (Å²) in [5.41, 5.74) is 0.0210. The Bertz CT molecular complexity index is 1630. The van der Waals surface area contributed by atoms with Gasteiger partial charge in [0.2, 0.25) is 0 Å². The molecule has 10 nitrogen and oxygen atoms in total. The highest BCUT2D eigenvalue weighted by molar-refractivity contribution is 9.10. The molecule has 4 atom stereocenters. The molecular weight excluding hydrogens is 610 g/mol. The molecule has 4 aromatic rings. The Labute approximate surface area is 248 Å². The summed E-state index contributed by atoms with van der Waals surface area (Å²) in [6, 6.07) is 25.8. The van der Waals surface area contributed by atoms with Crippen molar-refractivity contribution in [2.45, 2.75) is 24.5 Å². The lowest BCUT2D eigenvalue weighted by Gasteiger charge is -2.25. The van der Waals surface area contributed by atoms with E-state index >= 15 is 0 Å². The Hall–Kier alpha value is -4.74. The quantitative estimate of drug-likeness (QED) is 0.220. The van der Waals surface area contributed by atoms with Crippen LogP contribution in [0.25, 0.3) is 0 Å². The highest BCUT2D eigenvalue weighted by Gasteiger charge is 2.51. The lowest BCUT2D eigenvalue weighted by atomic mass is 10.1. The first-order valence-corrected chi connectivity index (χ1v) is 13.6. The molecule has 0 amide bonds. The Balaban J connectivity index is 1.51. The summed E-state index contributed by atoms with van der Waals surface area (Å²) in [6.45, 7) is -0.398. The number of rotatable bonds is 8. The average molecular weight is 634 g/mol. The van der Waals surface area contributed by atoms with Crippen molar-refractivity contribution in [3.63, 3.8) is 0 Å². The van der Waals surface area contributed by atoms with Gasteiger partial charge in [0.15, 0.2) is 18.4 Å². The third-order valence-electron chi connectivity index (χ3n) is 6.49. The van der Waals surface area contributed by atoms with E-state index < -0.39 is 54.6 Å². The molecule has 11 heteroatoms. The van der Waals surface area contributed by atoms with E-state index in [1.165, 1.54) is 12.3 Å². The SMILES string of the molecule is O=C(OC[C@H]1O[C@@H](n2ccc(O)c(Br)c2=O)[C@H](OC(=O)c2ccccc2)[C@@H]1OC(=O)c1ccccc1)c1ccccc1. The molecule has 0 unspecified atom stereocenters. The van der Waals surface area contributed by atoms with Crippen LogP contribution in [0.2, 0.25) is 0 Å². The summed E-state index contributed by atoms with van der Waals surface area (Å²) in [5.74, 6) is -2.47. The monoisotopic (exact) mass is 633 g/mol. The number of nitrogens with zero attached hydrogens (tertiary/aromatic N) is 1. The molecule has 1 aliphatic rings. The summed E-state index contributed by atoms with van der Waals surface area (Å²) < 4.78 is 24.2. The second-order valence-corrected chi connectivity index (χ2v) is 10.0. The summed E-state index contributed by atoms with van der Waals surface area (Å²) in [7, 11) is 0. The molecule has 1 fully saturated rings. The van der Waals surface area contributed by atoms with Crippen LogP contribution in [0.15, 0.2) is 113 Å². The summed E-state index contributed by atoms with van der Waals surface area (Å²) in [6.07, 6.45) is -3.89. The van der Waals surface area contributed by atoms with E-state index in [1.807, 2.05) is 0 Å². The van der Waals surface area contributed by atoms with Crippen LogP contribution in [-0.4, -0.2) is 52.5 Å². The number of hydrogen-bond donors (Lipinski definition) is 1. The molecule has 0 saturated carbocycles. The predicted molar refractivity (Wildman–Crippen MR) is 152 cm³/mol. The third-order valence-corrected chi connectivity index (χ3v) is 7.24. The molecule has 2 heterocycles. The van der Waals surface area contributed by atoms with Crippen LogP contribution in [0.3, 0.4) is 0 Å². The number of halogens is 1. The Morgan fingerprint density at radius 1 is 0.738 bits per heavy atom.